The lowest BCUT2D eigenvalue weighted by Gasteiger charge is -2.32. The molecule has 0 spiro atoms. The largest absolute Gasteiger partial charge is 0.495 e. The van der Waals surface area contributed by atoms with Crippen molar-refractivity contribution in [3.8, 4) is 0 Å². The zero-order valence-electron chi connectivity index (χ0n) is 15.0. The quantitative estimate of drug-likeness (QED) is 0.823. The predicted molar refractivity (Wildman–Crippen MR) is 95.7 cm³/mol. The van der Waals surface area contributed by atoms with Crippen molar-refractivity contribution >= 4 is 22.6 Å². The molecule has 1 aromatic carbocycles. The second-order valence-electron chi connectivity index (χ2n) is 7.84. The molecule has 24 heavy (non-hydrogen) atoms. The summed E-state index contributed by atoms with van der Waals surface area (Å²) in [6.45, 7) is 10.4. The van der Waals surface area contributed by atoms with Crippen LogP contribution >= 0.6 is 0 Å². The standard InChI is InChI=1S/C17H26BNO4S/c1-12-6-7-13(11-19-24(20,21)14-8-9-14)10-15(12)18-22-16(2,3)17(4,5)23-18/h6-7,10,14,19H,8-9,11H2,1-5H3. The van der Waals surface area contributed by atoms with Crippen molar-refractivity contribution in [2.24, 2.45) is 0 Å². The summed E-state index contributed by atoms with van der Waals surface area (Å²) in [6.07, 6.45) is 1.53. The Morgan fingerprint density at radius 3 is 2.29 bits per heavy atom. The van der Waals surface area contributed by atoms with E-state index in [4.69, 9.17) is 9.31 Å². The molecule has 0 aromatic heterocycles. The van der Waals surface area contributed by atoms with Gasteiger partial charge in [-0.05, 0) is 58.5 Å². The number of rotatable bonds is 5. The highest BCUT2D eigenvalue weighted by Gasteiger charge is 2.52. The Bertz CT molecular complexity index is 725. The molecule has 2 fully saturated rings. The summed E-state index contributed by atoms with van der Waals surface area (Å²) < 4.78 is 38.9. The Morgan fingerprint density at radius 2 is 1.75 bits per heavy atom. The van der Waals surface area contributed by atoms with Crippen molar-refractivity contribution in [2.75, 3.05) is 0 Å². The highest BCUT2D eigenvalue weighted by atomic mass is 32.2. The fourth-order valence-electron chi connectivity index (χ4n) is 2.70. The summed E-state index contributed by atoms with van der Waals surface area (Å²) in [6, 6.07) is 5.91. The molecule has 1 aliphatic heterocycles. The van der Waals surface area contributed by atoms with Crippen molar-refractivity contribution in [1.82, 2.24) is 4.72 Å². The highest BCUT2D eigenvalue weighted by Crippen LogP contribution is 2.36. The molecule has 1 aliphatic carbocycles. The van der Waals surface area contributed by atoms with Crippen LogP contribution in [0.1, 0.15) is 51.7 Å². The van der Waals surface area contributed by atoms with Crippen LogP contribution in [0.5, 0.6) is 0 Å². The Labute approximate surface area is 145 Å². The predicted octanol–water partition coefficient (Wildman–Crippen LogP) is 1.88. The van der Waals surface area contributed by atoms with Crippen LogP contribution in [0, 0.1) is 6.92 Å². The van der Waals surface area contributed by atoms with Crippen LogP contribution in [0.3, 0.4) is 0 Å². The zero-order chi connectivity index (χ0) is 17.8. The van der Waals surface area contributed by atoms with E-state index < -0.39 is 28.3 Å². The molecular weight excluding hydrogens is 325 g/mol. The molecule has 1 aromatic rings. The maximum absolute atomic E-state index is 12.0. The molecule has 0 atom stereocenters. The van der Waals surface area contributed by atoms with E-state index in [0.29, 0.717) is 6.54 Å². The van der Waals surface area contributed by atoms with Gasteiger partial charge in [-0.15, -0.1) is 0 Å². The first kappa shape index (κ1) is 17.9. The van der Waals surface area contributed by atoms with Crippen molar-refractivity contribution in [3.63, 3.8) is 0 Å². The van der Waals surface area contributed by atoms with Crippen LogP contribution in [-0.4, -0.2) is 32.0 Å². The van der Waals surface area contributed by atoms with Gasteiger partial charge in [0.15, 0.2) is 0 Å². The minimum atomic E-state index is -3.18. The second-order valence-corrected chi connectivity index (χ2v) is 9.89. The summed E-state index contributed by atoms with van der Waals surface area (Å²) >= 11 is 0. The molecule has 0 unspecified atom stereocenters. The van der Waals surface area contributed by atoms with Crippen molar-refractivity contribution in [3.05, 3.63) is 29.3 Å². The lowest BCUT2D eigenvalue weighted by molar-refractivity contribution is 0.00578. The molecule has 0 amide bonds. The maximum Gasteiger partial charge on any atom is 0.495 e. The zero-order valence-corrected chi connectivity index (χ0v) is 15.9. The molecule has 132 valence electrons. The first-order chi connectivity index (χ1) is 11.0. The normalized spacial score (nSPS) is 22.8. The minimum Gasteiger partial charge on any atom is -0.399 e. The van der Waals surface area contributed by atoms with Crippen LogP contribution in [0.15, 0.2) is 18.2 Å². The molecule has 0 radical (unpaired) electrons. The topological polar surface area (TPSA) is 64.6 Å². The van der Waals surface area contributed by atoms with Gasteiger partial charge in [0, 0.05) is 6.54 Å². The number of hydrogen-bond acceptors (Lipinski definition) is 4. The van der Waals surface area contributed by atoms with E-state index in [1.54, 1.807) is 0 Å². The smallest absolute Gasteiger partial charge is 0.399 e. The maximum atomic E-state index is 12.0. The molecule has 1 saturated carbocycles. The van der Waals surface area contributed by atoms with Crippen LogP contribution in [0.4, 0.5) is 0 Å². The van der Waals surface area contributed by atoms with E-state index in [9.17, 15) is 8.42 Å². The van der Waals surface area contributed by atoms with Gasteiger partial charge in [-0.1, -0.05) is 23.8 Å². The fraction of sp³-hybridized carbons (Fsp3) is 0.647. The summed E-state index contributed by atoms with van der Waals surface area (Å²) in [5.74, 6) is 0. The van der Waals surface area contributed by atoms with Crippen LogP contribution in [-0.2, 0) is 25.9 Å². The third-order valence-corrected chi connectivity index (χ3v) is 7.19. The minimum absolute atomic E-state index is 0.203. The van der Waals surface area contributed by atoms with Gasteiger partial charge in [-0.3, -0.25) is 0 Å². The van der Waals surface area contributed by atoms with Gasteiger partial charge in [0.05, 0.1) is 16.5 Å². The average molecular weight is 351 g/mol. The van der Waals surface area contributed by atoms with Gasteiger partial charge >= 0.3 is 7.12 Å². The van der Waals surface area contributed by atoms with Gasteiger partial charge in [0.25, 0.3) is 0 Å². The molecule has 1 N–H and O–H groups in total. The molecule has 3 rings (SSSR count). The molecule has 7 heteroatoms. The summed E-state index contributed by atoms with van der Waals surface area (Å²) in [7, 11) is -3.61. The molecule has 5 nitrogen and oxygen atoms in total. The van der Waals surface area contributed by atoms with E-state index in [-0.39, 0.29) is 5.25 Å². The average Bonchev–Trinajstić information content (AvgIpc) is 3.27. The molecule has 0 bridgehead atoms. The van der Waals surface area contributed by atoms with Crippen molar-refractivity contribution < 1.29 is 17.7 Å². The summed E-state index contributed by atoms with van der Waals surface area (Å²) in [5, 5.41) is -0.203. The van der Waals surface area contributed by atoms with Gasteiger partial charge in [0.1, 0.15) is 0 Å². The molecule has 2 aliphatic rings. The van der Waals surface area contributed by atoms with E-state index in [2.05, 4.69) is 4.72 Å². The third-order valence-electron chi connectivity index (χ3n) is 5.29. The van der Waals surface area contributed by atoms with Gasteiger partial charge in [-0.2, -0.15) is 0 Å². The second kappa shape index (κ2) is 5.83. The SMILES string of the molecule is Cc1ccc(CNS(=O)(=O)C2CC2)cc1B1OC(C)(C)C(C)(C)O1. The van der Waals surface area contributed by atoms with E-state index >= 15 is 0 Å². The monoisotopic (exact) mass is 351 g/mol. The number of hydrogen-bond donors (Lipinski definition) is 1. The van der Waals surface area contributed by atoms with E-state index in [1.807, 2.05) is 52.8 Å². The van der Waals surface area contributed by atoms with Crippen LogP contribution < -0.4 is 10.2 Å². The summed E-state index contributed by atoms with van der Waals surface area (Å²) in [4.78, 5) is 0. The molecule has 1 heterocycles. The van der Waals surface area contributed by atoms with Crippen LogP contribution in [0.2, 0.25) is 0 Å². The lowest BCUT2D eigenvalue weighted by Crippen LogP contribution is -2.41. The summed E-state index contributed by atoms with van der Waals surface area (Å²) in [5.41, 5.74) is 2.15. The highest BCUT2D eigenvalue weighted by molar-refractivity contribution is 7.90. The third kappa shape index (κ3) is 3.40. The van der Waals surface area contributed by atoms with E-state index in [0.717, 1.165) is 29.4 Å². The van der Waals surface area contributed by atoms with Crippen LogP contribution in [0.25, 0.3) is 0 Å². The Balaban J connectivity index is 1.77. The number of nitrogens with one attached hydrogen (secondary N) is 1. The Morgan fingerprint density at radius 1 is 1.17 bits per heavy atom. The van der Waals surface area contributed by atoms with Gasteiger partial charge < -0.3 is 9.31 Å². The Hall–Kier alpha value is -0.885. The molecule has 1 saturated heterocycles. The number of benzene rings is 1. The first-order valence-electron chi connectivity index (χ1n) is 8.45. The van der Waals surface area contributed by atoms with Crippen molar-refractivity contribution in [1.29, 1.82) is 0 Å². The van der Waals surface area contributed by atoms with Gasteiger partial charge in [-0.25, -0.2) is 13.1 Å². The first-order valence-corrected chi connectivity index (χ1v) is 10.00. The lowest BCUT2D eigenvalue weighted by atomic mass is 9.75. The number of aryl methyl sites for hydroxylation is 1. The van der Waals surface area contributed by atoms with Gasteiger partial charge in [0.2, 0.25) is 10.0 Å². The molecular formula is C17H26BNO4S. The van der Waals surface area contributed by atoms with Crippen molar-refractivity contribution in [2.45, 2.75) is 70.5 Å². The van der Waals surface area contributed by atoms with E-state index in [1.165, 1.54) is 0 Å². The number of sulfonamides is 1. The Kier molecular flexibility index (Phi) is 4.36. The fourth-order valence-corrected chi connectivity index (χ4v) is 4.06.